The lowest BCUT2D eigenvalue weighted by molar-refractivity contribution is -0.115. The Morgan fingerprint density at radius 2 is 0.920 bits per heavy atom. The van der Waals surface area contributed by atoms with Gasteiger partial charge in [0.05, 0.1) is 0 Å². The quantitative estimate of drug-likeness (QED) is 0.0450. The van der Waals surface area contributed by atoms with Crippen LogP contribution in [0.3, 0.4) is 0 Å². The first-order valence-electron chi connectivity index (χ1n) is 16.1. The molecule has 2 amide bonds. The SMILES string of the molecule is CO/N=C(/Cc1ccc(OCc2ccccc2)cc1)C(=O)NCCSSCCNC(=O)/C(Cc1ccc(OCc2ccccc2)cc1)=N\OC. The summed E-state index contributed by atoms with van der Waals surface area (Å²) in [6.45, 7) is 1.88. The second kappa shape index (κ2) is 21.9. The summed E-state index contributed by atoms with van der Waals surface area (Å²) in [5.41, 5.74) is 4.57. The van der Waals surface area contributed by atoms with Crippen LogP contribution >= 0.6 is 21.6 Å². The van der Waals surface area contributed by atoms with Gasteiger partial charge in [-0.25, -0.2) is 0 Å². The fraction of sp³-hybridized carbons (Fsp3) is 0.263. The van der Waals surface area contributed by atoms with Gasteiger partial charge in [-0.05, 0) is 46.5 Å². The number of amides is 2. The van der Waals surface area contributed by atoms with Gasteiger partial charge in [0.15, 0.2) is 0 Å². The molecule has 2 N–H and O–H groups in total. The molecule has 10 nitrogen and oxygen atoms in total. The third-order valence-electron chi connectivity index (χ3n) is 7.04. The van der Waals surface area contributed by atoms with Crippen LogP contribution in [-0.2, 0) is 45.3 Å². The van der Waals surface area contributed by atoms with Gasteiger partial charge in [0, 0.05) is 37.4 Å². The second-order valence-corrected chi connectivity index (χ2v) is 13.5. The summed E-state index contributed by atoms with van der Waals surface area (Å²) in [4.78, 5) is 35.4. The van der Waals surface area contributed by atoms with Gasteiger partial charge in [0.25, 0.3) is 11.8 Å². The maximum absolute atomic E-state index is 12.8. The molecule has 0 aromatic heterocycles. The molecule has 12 heteroatoms. The molecule has 0 aliphatic heterocycles. The van der Waals surface area contributed by atoms with Crippen molar-refractivity contribution in [2.45, 2.75) is 26.1 Å². The molecule has 4 rings (SSSR count). The van der Waals surface area contributed by atoms with E-state index < -0.39 is 0 Å². The third kappa shape index (κ3) is 13.9. The molecule has 0 spiro atoms. The van der Waals surface area contributed by atoms with Crippen molar-refractivity contribution in [1.82, 2.24) is 10.6 Å². The Labute approximate surface area is 301 Å². The van der Waals surface area contributed by atoms with Crippen LogP contribution < -0.4 is 20.1 Å². The number of hydrogen-bond acceptors (Lipinski definition) is 10. The van der Waals surface area contributed by atoms with Crippen molar-refractivity contribution in [3.8, 4) is 11.5 Å². The fourth-order valence-electron chi connectivity index (χ4n) is 4.54. The van der Waals surface area contributed by atoms with E-state index in [4.69, 9.17) is 19.1 Å². The zero-order valence-corrected chi connectivity index (χ0v) is 29.8. The van der Waals surface area contributed by atoms with Gasteiger partial charge in [0.1, 0.15) is 50.4 Å². The number of hydrogen-bond donors (Lipinski definition) is 2. The molecule has 0 unspecified atom stereocenters. The molecule has 0 heterocycles. The Hall–Kier alpha value is -4.94. The van der Waals surface area contributed by atoms with Crippen molar-refractivity contribution in [3.05, 3.63) is 131 Å². The topological polar surface area (TPSA) is 120 Å². The first-order valence-corrected chi connectivity index (χ1v) is 18.5. The second-order valence-electron chi connectivity index (χ2n) is 10.8. The maximum atomic E-state index is 12.8. The Bertz CT molecular complexity index is 1530. The number of carbonyl (C=O) groups is 2. The zero-order chi connectivity index (χ0) is 35.2. The highest BCUT2D eigenvalue weighted by Gasteiger charge is 2.15. The van der Waals surface area contributed by atoms with Crippen LogP contribution in [0.2, 0.25) is 0 Å². The summed E-state index contributed by atoms with van der Waals surface area (Å²) in [6, 6.07) is 35.1. The molecule has 4 aromatic rings. The molecule has 0 aliphatic carbocycles. The molecule has 4 aromatic carbocycles. The van der Waals surface area contributed by atoms with Crippen molar-refractivity contribution in [2.24, 2.45) is 10.3 Å². The van der Waals surface area contributed by atoms with E-state index in [0.717, 1.165) is 33.8 Å². The van der Waals surface area contributed by atoms with E-state index in [1.807, 2.05) is 109 Å². The molecule has 262 valence electrons. The molecule has 0 saturated heterocycles. The van der Waals surface area contributed by atoms with Crippen LogP contribution in [-0.4, -0.2) is 62.1 Å². The Morgan fingerprint density at radius 1 is 0.540 bits per heavy atom. The van der Waals surface area contributed by atoms with E-state index in [0.29, 0.717) is 50.7 Å². The Kier molecular flexibility index (Phi) is 16.6. The predicted molar refractivity (Wildman–Crippen MR) is 202 cm³/mol. The first kappa shape index (κ1) is 37.9. The van der Waals surface area contributed by atoms with Gasteiger partial charge < -0.3 is 29.8 Å². The molecule has 0 fully saturated rings. The van der Waals surface area contributed by atoms with Gasteiger partial charge >= 0.3 is 0 Å². The van der Waals surface area contributed by atoms with Crippen molar-refractivity contribution in [3.63, 3.8) is 0 Å². The summed E-state index contributed by atoms with van der Waals surface area (Å²) in [6.07, 6.45) is 0.645. The van der Waals surface area contributed by atoms with Crippen molar-refractivity contribution in [2.75, 3.05) is 38.8 Å². The van der Waals surface area contributed by atoms with Crippen LogP contribution in [0.4, 0.5) is 0 Å². The van der Waals surface area contributed by atoms with Crippen LogP contribution in [0, 0.1) is 0 Å². The smallest absolute Gasteiger partial charge is 0.269 e. The number of ether oxygens (including phenoxy) is 2. The van der Waals surface area contributed by atoms with Gasteiger partial charge in [-0.3, -0.25) is 9.59 Å². The number of nitrogens with zero attached hydrogens (tertiary/aromatic N) is 2. The van der Waals surface area contributed by atoms with Crippen molar-refractivity contribution >= 4 is 44.8 Å². The summed E-state index contributed by atoms with van der Waals surface area (Å²) in [7, 11) is 6.05. The summed E-state index contributed by atoms with van der Waals surface area (Å²) in [5.74, 6) is 2.29. The molecule has 0 atom stereocenters. The van der Waals surface area contributed by atoms with Crippen LogP contribution in [0.25, 0.3) is 0 Å². The largest absolute Gasteiger partial charge is 0.489 e. The van der Waals surface area contributed by atoms with Crippen LogP contribution in [0.1, 0.15) is 22.3 Å². The average Bonchev–Trinajstić information content (AvgIpc) is 3.15. The molecular weight excluding hydrogens is 673 g/mol. The van der Waals surface area contributed by atoms with E-state index >= 15 is 0 Å². The van der Waals surface area contributed by atoms with E-state index in [-0.39, 0.29) is 23.2 Å². The van der Waals surface area contributed by atoms with Gasteiger partial charge in [0.2, 0.25) is 0 Å². The zero-order valence-electron chi connectivity index (χ0n) is 28.2. The first-order chi connectivity index (χ1) is 24.5. The molecule has 50 heavy (non-hydrogen) atoms. The lowest BCUT2D eigenvalue weighted by Crippen LogP contribution is -2.34. The number of carbonyl (C=O) groups excluding carboxylic acids is 2. The van der Waals surface area contributed by atoms with E-state index in [1.165, 1.54) is 14.2 Å². The van der Waals surface area contributed by atoms with Crippen molar-refractivity contribution < 1.29 is 28.7 Å². The summed E-state index contributed by atoms with van der Waals surface area (Å²) < 4.78 is 11.7. The average molecular weight is 715 g/mol. The van der Waals surface area contributed by atoms with Crippen molar-refractivity contribution in [1.29, 1.82) is 0 Å². The number of nitrogens with one attached hydrogen (secondary N) is 2. The van der Waals surface area contributed by atoms with E-state index in [1.54, 1.807) is 21.6 Å². The minimum Gasteiger partial charge on any atom is -0.489 e. The molecular formula is C38H42N4O6S2. The van der Waals surface area contributed by atoms with Gasteiger partial charge in [-0.1, -0.05) is 117 Å². The highest BCUT2D eigenvalue weighted by molar-refractivity contribution is 8.76. The standard InChI is InChI=1S/C38H42N4O6S2/c1-45-41-35(25-29-13-17-33(18-14-29)47-27-31-9-5-3-6-10-31)37(43)39-21-23-49-50-24-22-40-38(44)36(42-46-2)26-30-15-19-34(20-16-30)48-28-32-11-7-4-8-12-32/h3-20H,21-28H2,1-2H3,(H,39,43)(H,40,44)/b41-35-,42-36-. The third-order valence-corrected chi connectivity index (χ3v) is 9.45. The molecule has 0 aliphatic rings. The summed E-state index contributed by atoms with van der Waals surface area (Å²) >= 11 is 0. The van der Waals surface area contributed by atoms with Gasteiger partial charge in [-0.2, -0.15) is 0 Å². The lowest BCUT2D eigenvalue weighted by Gasteiger charge is -2.10. The van der Waals surface area contributed by atoms with Crippen LogP contribution in [0.15, 0.2) is 120 Å². The Morgan fingerprint density at radius 3 is 1.28 bits per heavy atom. The Balaban J connectivity index is 1.09. The fourth-order valence-corrected chi connectivity index (χ4v) is 6.35. The molecule has 0 radical (unpaired) electrons. The normalized spacial score (nSPS) is 11.4. The van der Waals surface area contributed by atoms with E-state index in [9.17, 15) is 9.59 Å². The number of rotatable bonds is 21. The summed E-state index contributed by atoms with van der Waals surface area (Å²) in [5, 5.41) is 13.7. The number of oxime groups is 2. The minimum absolute atomic E-state index is 0.284. The monoisotopic (exact) mass is 714 g/mol. The maximum Gasteiger partial charge on any atom is 0.269 e. The molecule has 0 saturated carbocycles. The highest BCUT2D eigenvalue weighted by Crippen LogP contribution is 2.20. The highest BCUT2D eigenvalue weighted by atomic mass is 33.1. The van der Waals surface area contributed by atoms with Gasteiger partial charge in [-0.15, -0.1) is 0 Å². The van der Waals surface area contributed by atoms with E-state index in [2.05, 4.69) is 20.9 Å². The minimum atomic E-state index is -0.284. The number of benzene rings is 4. The van der Waals surface area contributed by atoms with Crippen LogP contribution in [0.5, 0.6) is 11.5 Å². The predicted octanol–water partition coefficient (Wildman–Crippen LogP) is 6.25. The molecule has 0 bridgehead atoms. The lowest BCUT2D eigenvalue weighted by atomic mass is 10.1.